The van der Waals surface area contributed by atoms with Gasteiger partial charge in [-0.3, -0.25) is 0 Å². The fourth-order valence-corrected chi connectivity index (χ4v) is 3.40. The minimum atomic E-state index is 0.521. The van der Waals surface area contributed by atoms with Gasteiger partial charge in [0, 0.05) is 28.1 Å². The smallest absolute Gasteiger partial charge is 0.0449 e. The van der Waals surface area contributed by atoms with Gasteiger partial charge in [0.2, 0.25) is 0 Å². The zero-order valence-corrected chi connectivity index (χ0v) is 12.7. The van der Waals surface area contributed by atoms with Crippen LogP contribution in [0.1, 0.15) is 16.7 Å². The summed E-state index contributed by atoms with van der Waals surface area (Å²) in [4.78, 5) is 0. The monoisotopic (exact) mass is 311 g/mol. The van der Waals surface area contributed by atoms with Gasteiger partial charge < -0.3 is 5.73 Å². The van der Waals surface area contributed by atoms with Crippen molar-refractivity contribution in [2.24, 2.45) is 5.73 Å². The second-order valence-corrected chi connectivity index (χ2v) is 6.01. The SMILES string of the molecule is NCc1ccc(CSCc2ccccc2Cl)c(Cl)c1. The molecule has 2 aromatic carbocycles. The molecule has 0 fully saturated rings. The van der Waals surface area contributed by atoms with Crippen LogP contribution >= 0.6 is 35.0 Å². The summed E-state index contributed by atoms with van der Waals surface area (Å²) in [5, 5.41) is 1.61. The minimum Gasteiger partial charge on any atom is -0.326 e. The second-order valence-electron chi connectivity index (χ2n) is 4.21. The van der Waals surface area contributed by atoms with Gasteiger partial charge in [-0.25, -0.2) is 0 Å². The summed E-state index contributed by atoms with van der Waals surface area (Å²) >= 11 is 14.2. The molecule has 0 bridgehead atoms. The summed E-state index contributed by atoms with van der Waals surface area (Å²) in [5.41, 5.74) is 8.93. The van der Waals surface area contributed by atoms with E-state index in [2.05, 4.69) is 6.07 Å². The first-order valence-corrected chi connectivity index (χ1v) is 7.90. The van der Waals surface area contributed by atoms with Crippen LogP contribution in [-0.4, -0.2) is 0 Å². The average Bonchev–Trinajstić information content (AvgIpc) is 2.42. The van der Waals surface area contributed by atoms with Crippen molar-refractivity contribution in [3.63, 3.8) is 0 Å². The molecule has 0 aliphatic rings. The summed E-state index contributed by atoms with van der Waals surface area (Å²) in [5.74, 6) is 1.75. The molecular formula is C15H15Cl2NS. The Balaban J connectivity index is 1.94. The Labute approximate surface area is 128 Å². The van der Waals surface area contributed by atoms with Crippen LogP contribution in [0.2, 0.25) is 10.0 Å². The molecule has 4 heteroatoms. The third kappa shape index (κ3) is 4.15. The third-order valence-electron chi connectivity index (χ3n) is 2.83. The van der Waals surface area contributed by atoms with Gasteiger partial charge in [-0.2, -0.15) is 11.8 Å². The van der Waals surface area contributed by atoms with E-state index in [0.717, 1.165) is 38.2 Å². The highest BCUT2D eigenvalue weighted by atomic mass is 35.5. The van der Waals surface area contributed by atoms with Crippen LogP contribution in [0.25, 0.3) is 0 Å². The lowest BCUT2D eigenvalue weighted by Crippen LogP contribution is -1.96. The van der Waals surface area contributed by atoms with Gasteiger partial charge in [0.25, 0.3) is 0 Å². The quantitative estimate of drug-likeness (QED) is 0.851. The third-order valence-corrected chi connectivity index (χ3v) is 4.58. The molecule has 1 nitrogen and oxygen atoms in total. The molecule has 2 rings (SSSR count). The lowest BCUT2D eigenvalue weighted by molar-refractivity contribution is 1.07. The first-order chi connectivity index (χ1) is 9.20. The number of thioether (sulfide) groups is 1. The number of hydrogen-bond donors (Lipinski definition) is 1. The lowest BCUT2D eigenvalue weighted by atomic mass is 10.1. The van der Waals surface area contributed by atoms with Crippen molar-refractivity contribution in [3.8, 4) is 0 Å². The Morgan fingerprint density at radius 2 is 1.58 bits per heavy atom. The molecule has 0 aromatic heterocycles. The molecule has 0 spiro atoms. The van der Waals surface area contributed by atoms with E-state index in [-0.39, 0.29) is 0 Å². The number of benzene rings is 2. The molecule has 2 aromatic rings. The fourth-order valence-electron chi connectivity index (χ4n) is 1.72. The standard InChI is InChI=1S/C15H15Cl2NS/c16-14-4-2-1-3-12(14)9-19-10-13-6-5-11(8-18)7-15(13)17/h1-7H,8-10,18H2. The second kappa shape index (κ2) is 7.20. The van der Waals surface area contributed by atoms with E-state index in [1.165, 1.54) is 0 Å². The van der Waals surface area contributed by atoms with E-state index in [9.17, 15) is 0 Å². The highest BCUT2D eigenvalue weighted by molar-refractivity contribution is 7.97. The predicted octanol–water partition coefficient (Wildman–Crippen LogP) is 4.89. The van der Waals surface area contributed by atoms with Crippen molar-refractivity contribution >= 4 is 35.0 Å². The molecule has 0 unspecified atom stereocenters. The van der Waals surface area contributed by atoms with E-state index in [1.54, 1.807) is 11.8 Å². The van der Waals surface area contributed by atoms with Gasteiger partial charge in [-0.15, -0.1) is 0 Å². The zero-order valence-electron chi connectivity index (χ0n) is 10.4. The van der Waals surface area contributed by atoms with E-state index < -0.39 is 0 Å². The van der Waals surface area contributed by atoms with Crippen molar-refractivity contribution in [1.29, 1.82) is 0 Å². The van der Waals surface area contributed by atoms with Gasteiger partial charge >= 0.3 is 0 Å². The van der Waals surface area contributed by atoms with Gasteiger partial charge in [-0.1, -0.05) is 53.5 Å². The average molecular weight is 312 g/mol. The molecule has 0 amide bonds. The number of halogens is 2. The first-order valence-electron chi connectivity index (χ1n) is 5.99. The van der Waals surface area contributed by atoms with Gasteiger partial charge in [0.1, 0.15) is 0 Å². The van der Waals surface area contributed by atoms with Crippen LogP contribution in [0, 0.1) is 0 Å². The molecule has 0 heterocycles. The summed E-state index contributed by atoms with van der Waals surface area (Å²) in [7, 11) is 0. The Kier molecular flexibility index (Phi) is 5.59. The van der Waals surface area contributed by atoms with Crippen LogP contribution in [-0.2, 0) is 18.1 Å². The molecule has 0 radical (unpaired) electrons. The maximum atomic E-state index is 6.23. The molecule has 0 atom stereocenters. The van der Waals surface area contributed by atoms with Crippen molar-refractivity contribution in [3.05, 3.63) is 69.2 Å². The molecular weight excluding hydrogens is 297 g/mol. The highest BCUT2D eigenvalue weighted by Crippen LogP contribution is 2.26. The normalized spacial score (nSPS) is 10.7. The van der Waals surface area contributed by atoms with Crippen LogP contribution < -0.4 is 5.73 Å². The Hall–Kier alpha value is -0.670. The van der Waals surface area contributed by atoms with Crippen molar-refractivity contribution < 1.29 is 0 Å². The molecule has 0 aliphatic heterocycles. The van der Waals surface area contributed by atoms with Crippen molar-refractivity contribution in [2.45, 2.75) is 18.1 Å². The lowest BCUT2D eigenvalue weighted by Gasteiger charge is -2.07. The topological polar surface area (TPSA) is 26.0 Å². The molecule has 0 saturated carbocycles. The largest absolute Gasteiger partial charge is 0.326 e. The fraction of sp³-hybridized carbons (Fsp3) is 0.200. The van der Waals surface area contributed by atoms with E-state index in [0.29, 0.717) is 6.54 Å². The van der Waals surface area contributed by atoms with Gasteiger partial charge in [-0.05, 0) is 28.8 Å². The molecule has 0 saturated heterocycles. The van der Waals surface area contributed by atoms with Crippen LogP contribution in [0.3, 0.4) is 0 Å². The van der Waals surface area contributed by atoms with E-state index in [1.807, 2.05) is 36.4 Å². The minimum absolute atomic E-state index is 0.521. The Bertz CT molecular complexity index is 558. The van der Waals surface area contributed by atoms with Crippen LogP contribution in [0.15, 0.2) is 42.5 Å². The van der Waals surface area contributed by atoms with Crippen LogP contribution in [0.5, 0.6) is 0 Å². The Morgan fingerprint density at radius 1 is 0.895 bits per heavy atom. The predicted molar refractivity (Wildman–Crippen MR) is 85.8 cm³/mol. The summed E-state index contributed by atoms with van der Waals surface area (Å²) < 4.78 is 0. The number of nitrogens with two attached hydrogens (primary N) is 1. The maximum Gasteiger partial charge on any atom is 0.0449 e. The van der Waals surface area contributed by atoms with E-state index in [4.69, 9.17) is 28.9 Å². The highest BCUT2D eigenvalue weighted by Gasteiger charge is 2.03. The summed E-state index contributed by atoms with van der Waals surface area (Å²) in [6.07, 6.45) is 0. The maximum absolute atomic E-state index is 6.23. The molecule has 19 heavy (non-hydrogen) atoms. The first kappa shape index (κ1) is 14.7. The van der Waals surface area contributed by atoms with E-state index >= 15 is 0 Å². The summed E-state index contributed by atoms with van der Waals surface area (Å²) in [6, 6.07) is 13.9. The number of rotatable bonds is 5. The Morgan fingerprint density at radius 3 is 2.21 bits per heavy atom. The van der Waals surface area contributed by atoms with Crippen molar-refractivity contribution in [2.75, 3.05) is 0 Å². The van der Waals surface area contributed by atoms with Gasteiger partial charge in [0.15, 0.2) is 0 Å². The number of hydrogen-bond acceptors (Lipinski definition) is 2. The summed E-state index contributed by atoms with van der Waals surface area (Å²) in [6.45, 7) is 0.521. The van der Waals surface area contributed by atoms with Crippen LogP contribution in [0.4, 0.5) is 0 Å². The van der Waals surface area contributed by atoms with Gasteiger partial charge in [0.05, 0.1) is 0 Å². The molecule has 100 valence electrons. The zero-order chi connectivity index (χ0) is 13.7. The molecule has 0 aliphatic carbocycles. The molecule has 2 N–H and O–H groups in total. The van der Waals surface area contributed by atoms with Crippen molar-refractivity contribution in [1.82, 2.24) is 0 Å².